The van der Waals surface area contributed by atoms with Crippen molar-refractivity contribution in [3.05, 3.63) is 107 Å². The molecule has 0 aliphatic heterocycles. The molecule has 0 saturated carbocycles. The zero-order chi connectivity index (χ0) is 31.0. The van der Waals surface area contributed by atoms with Gasteiger partial charge in [-0.15, -0.1) is 0 Å². The Bertz CT molecular complexity index is 1370. The maximum absolute atomic E-state index is 5.87. The van der Waals surface area contributed by atoms with E-state index in [4.69, 9.17) is 19.4 Å². The molecular formula is C40H48N2O2. The third-order valence-electron chi connectivity index (χ3n) is 7.73. The minimum atomic E-state index is 0.781. The van der Waals surface area contributed by atoms with Crippen LogP contribution in [0, 0.1) is 13.8 Å². The van der Waals surface area contributed by atoms with Crippen LogP contribution in [0.3, 0.4) is 0 Å². The van der Waals surface area contributed by atoms with Crippen molar-refractivity contribution in [3.63, 3.8) is 0 Å². The molecule has 4 heteroatoms. The van der Waals surface area contributed by atoms with Gasteiger partial charge in [-0.2, -0.15) is 0 Å². The first-order valence-electron chi connectivity index (χ1n) is 16.3. The third-order valence-corrected chi connectivity index (χ3v) is 7.73. The third kappa shape index (κ3) is 10.5. The fraction of sp³-hybridized carbons (Fsp3) is 0.350. The quantitative estimate of drug-likeness (QED) is 0.115. The lowest BCUT2D eigenvalue weighted by Crippen LogP contribution is -1.96. The Balaban J connectivity index is 1.31. The molecule has 2 aromatic heterocycles. The molecule has 0 N–H and O–H groups in total. The summed E-state index contributed by atoms with van der Waals surface area (Å²) in [7, 11) is 0. The number of nitrogens with zero attached hydrogens (tertiary/aromatic N) is 2. The molecule has 0 unspecified atom stereocenters. The standard InChI is InChI=1S/C40H48N2O2/c1-5-7-9-11-25-43-37-19-13-33(14-20-37)17-23-39-31(3)27-35(29-41-39)36-28-32(4)40(42-30-36)24-18-34-15-21-38(22-16-34)44-26-12-10-8-6-2/h13-24,27-30H,5-12,25-26H2,1-4H3/b23-17+,24-18+. The Morgan fingerprint density at radius 3 is 1.30 bits per heavy atom. The average Bonchev–Trinajstić information content (AvgIpc) is 3.04. The van der Waals surface area contributed by atoms with Crippen LogP contribution in [0.4, 0.5) is 0 Å². The summed E-state index contributed by atoms with van der Waals surface area (Å²) < 4.78 is 11.7. The topological polar surface area (TPSA) is 44.2 Å². The molecule has 0 aliphatic rings. The maximum atomic E-state index is 5.87. The number of aryl methyl sites for hydroxylation is 2. The molecule has 0 spiro atoms. The fourth-order valence-corrected chi connectivity index (χ4v) is 4.97. The second kappa shape index (κ2) is 17.8. The van der Waals surface area contributed by atoms with Crippen LogP contribution in [0.2, 0.25) is 0 Å². The van der Waals surface area contributed by atoms with Crippen molar-refractivity contribution in [1.29, 1.82) is 0 Å². The SMILES string of the molecule is CCCCCCOc1ccc(/C=C/c2ncc(-c3cnc(/C=C/c4ccc(OCCCCCC)cc4)c(C)c3)cc2C)cc1. The number of ether oxygens (including phenoxy) is 2. The van der Waals surface area contributed by atoms with Crippen molar-refractivity contribution in [3.8, 4) is 22.6 Å². The summed E-state index contributed by atoms with van der Waals surface area (Å²) in [4.78, 5) is 9.51. The molecule has 0 aliphatic carbocycles. The van der Waals surface area contributed by atoms with Gasteiger partial charge in [0.15, 0.2) is 0 Å². The summed E-state index contributed by atoms with van der Waals surface area (Å²) in [6, 6.07) is 20.9. The van der Waals surface area contributed by atoms with E-state index >= 15 is 0 Å². The molecule has 2 heterocycles. The van der Waals surface area contributed by atoms with E-state index in [1.54, 1.807) is 0 Å². The molecule has 4 aromatic rings. The van der Waals surface area contributed by atoms with Gasteiger partial charge in [-0.3, -0.25) is 9.97 Å². The monoisotopic (exact) mass is 588 g/mol. The van der Waals surface area contributed by atoms with Crippen LogP contribution in [0.15, 0.2) is 73.1 Å². The minimum Gasteiger partial charge on any atom is -0.494 e. The summed E-state index contributed by atoms with van der Waals surface area (Å²) in [5.41, 5.74) is 8.55. The zero-order valence-electron chi connectivity index (χ0n) is 27.0. The number of pyridine rings is 2. The second-order valence-electron chi connectivity index (χ2n) is 11.5. The summed E-state index contributed by atoms with van der Waals surface area (Å²) in [6.45, 7) is 10.2. The first kappa shape index (κ1) is 32.7. The van der Waals surface area contributed by atoms with Gasteiger partial charge in [-0.05, 0) is 97.5 Å². The lowest BCUT2D eigenvalue weighted by molar-refractivity contribution is 0.305. The summed E-state index contributed by atoms with van der Waals surface area (Å²) >= 11 is 0. The summed E-state index contributed by atoms with van der Waals surface area (Å²) in [5.74, 6) is 1.85. The van der Waals surface area contributed by atoms with Crippen molar-refractivity contribution in [2.45, 2.75) is 79.1 Å². The van der Waals surface area contributed by atoms with Crippen molar-refractivity contribution in [2.24, 2.45) is 0 Å². The smallest absolute Gasteiger partial charge is 0.119 e. The molecule has 0 saturated heterocycles. The van der Waals surface area contributed by atoms with E-state index in [1.165, 1.54) is 38.5 Å². The van der Waals surface area contributed by atoms with Gasteiger partial charge in [0.05, 0.1) is 24.6 Å². The van der Waals surface area contributed by atoms with E-state index in [2.05, 4.69) is 88.4 Å². The second-order valence-corrected chi connectivity index (χ2v) is 11.5. The van der Waals surface area contributed by atoms with E-state index in [0.717, 1.165) is 82.3 Å². The van der Waals surface area contributed by atoms with Crippen LogP contribution in [0.5, 0.6) is 11.5 Å². The Hall–Kier alpha value is -4.18. The van der Waals surface area contributed by atoms with Gasteiger partial charge in [0.25, 0.3) is 0 Å². The van der Waals surface area contributed by atoms with E-state index < -0.39 is 0 Å². The van der Waals surface area contributed by atoms with Gasteiger partial charge < -0.3 is 9.47 Å². The number of hydrogen-bond donors (Lipinski definition) is 0. The highest BCUT2D eigenvalue weighted by atomic mass is 16.5. The van der Waals surface area contributed by atoms with Gasteiger partial charge in [0, 0.05) is 23.5 Å². The molecule has 230 valence electrons. The molecule has 0 bridgehead atoms. The highest BCUT2D eigenvalue weighted by Crippen LogP contribution is 2.24. The molecule has 4 nitrogen and oxygen atoms in total. The first-order valence-corrected chi connectivity index (χ1v) is 16.3. The Morgan fingerprint density at radius 2 is 0.932 bits per heavy atom. The van der Waals surface area contributed by atoms with Crippen molar-refractivity contribution in [1.82, 2.24) is 9.97 Å². The van der Waals surface area contributed by atoms with Gasteiger partial charge in [0.1, 0.15) is 11.5 Å². The van der Waals surface area contributed by atoms with Crippen molar-refractivity contribution >= 4 is 24.3 Å². The fourth-order valence-electron chi connectivity index (χ4n) is 4.97. The summed E-state index contributed by atoms with van der Waals surface area (Å²) in [5, 5.41) is 0. The Kier molecular flexibility index (Phi) is 13.3. The predicted molar refractivity (Wildman–Crippen MR) is 187 cm³/mol. The Labute approximate surface area is 264 Å². The highest BCUT2D eigenvalue weighted by Gasteiger charge is 2.06. The normalized spacial score (nSPS) is 11.5. The molecule has 0 radical (unpaired) electrons. The van der Waals surface area contributed by atoms with E-state index in [9.17, 15) is 0 Å². The van der Waals surface area contributed by atoms with Crippen LogP contribution in [-0.4, -0.2) is 23.2 Å². The van der Waals surface area contributed by atoms with Crippen LogP contribution in [-0.2, 0) is 0 Å². The van der Waals surface area contributed by atoms with Crippen LogP contribution in [0.25, 0.3) is 35.4 Å². The van der Waals surface area contributed by atoms with Crippen LogP contribution >= 0.6 is 0 Å². The Morgan fingerprint density at radius 1 is 0.523 bits per heavy atom. The minimum absolute atomic E-state index is 0.781. The largest absolute Gasteiger partial charge is 0.494 e. The molecule has 4 rings (SSSR count). The number of unbranched alkanes of at least 4 members (excludes halogenated alkanes) is 6. The molecular weight excluding hydrogens is 540 g/mol. The number of hydrogen-bond acceptors (Lipinski definition) is 4. The lowest BCUT2D eigenvalue weighted by atomic mass is 10.0. The molecule has 0 amide bonds. The molecule has 44 heavy (non-hydrogen) atoms. The van der Waals surface area contributed by atoms with E-state index in [-0.39, 0.29) is 0 Å². The summed E-state index contributed by atoms with van der Waals surface area (Å²) in [6.07, 6.45) is 21.9. The van der Waals surface area contributed by atoms with Gasteiger partial charge >= 0.3 is 0 Å². The van der Waals surface area contributed by atoms with Gasteiger partial charge in [0.2, 0.25) is 0 Å². The number of aromatic nitrogens is 2. The van der Waals surface area contributed by atoms with Crippen molar-refractivity contribution < 1.29 is 9.47 Å². The lowest BCUT2D eigenvalue weighted by Gasteiger charge is -2.08. The molecule has 0 fully saturated rings. The van der Waals surface area contributed by atoms with E-state index in [0.29, 0.717) is 0 Å². The first-order chi connectivity index (χ1) is 21.6. The molecule has 2 aromatic carbocycles. The predicted octanol–water partition coefficient (Wildman–Crippen LogP) is 11.0. The highest BCUT2D eigenvalue weighted by molar-refractivity contribution is 5.74. The van der Waals surface area contributed by atoms with E-state index in [1.807, 2.05) is 36.7 Å². The van der Waals surface area contributed by atoms with Crippen molar-refractivity contribution in [2.75, 3.05) is 13.2 Å². The van der Waals surface area contributed by atoms with Gasteiger partial charge in [-0.1, -0.05) is 88.8 Å². The number of benzene rings is 2. The van der Waals surface area contributed by atoms with Crippen LogP contribution < -0.4 is 9.47 Å². The average molecular weight is 589 g/mol. The van der Waals surface area contributed by atoms with Gasteiger partial charge in [-0.25, -0.2) is 0 Å². The molecule has 0 atom stereocenters. The zero-order valence-corrected chi connectivity index (χ0v) is 27.0. The maximum Gasteiger partial charge on any atom is 0.119 e. The van der Waals surface area contributed by atoms with Crippen LogP contribution in [0.1, 0.15) is 98.9 Å². The number of rotatable bonds is 17.